The first kappa shape index (κ1) is 21.2. The molecule has 1 aliphatic rings. The molecule has 4 heterocycles. The number of fused-ring (bicyclic) bond motifs is 6. The van der Waals surface area contributed by atoms with Gasteiger partial charge in [0.15, 0.2) is 0 Å². The van der Waals surface area contributed by atoms with E-state index in [4.69, 9.17) is 0 Å². The zero-order valence-electron chi connectivity index (χ0n) is 21.2. The number of aryl methyl sites for hydroxylation is 1. The molecule has 38 heavy (non-hydrogen) atoms. The summed E-state index contributed by atoms with van der Waals surface area (Å²) in [5.41, 5.74) is 11.6. The van der Waals surface area contributed by atoms with Crippen LogP contribution in [0.4, 0.5) is 11.4 Å². The predicted octanol–water partition coefficient (Wildman–Crippen LogP) is 8.36. The fraction of sp³-hybridized carbons (Fsp3) is 0.0588. The van der Waals surface area contributed by atoms with Crippen molar-refractivity contribution in [2.45, 2.75) is 0 Å². The number of hydrogen-bond donors (Lipinski definition) is 0. The summed E-state index contributed by atoms with van der Waals surface area (Å²) < 4.78 is 2.33. The van der Waals surface area contributed by atoms with Gasteiger partial charge in [0.05, 0.1) is 16.9 Å². The van der Waals surface area contributed by atoms with Gasteiger partial charge in [-0.1, -0.05) is 48.5 Å². The molecule has 3 aromatic heterocycles. The topological polar surface area (TPSA) is 34.0 Å². The summed E-state index contributed by atoms with van der Waals surface area (Å²) in [7, 11) is 4.35. The number of benzene rings is 4. The fourth-order valence-electron chi connectivity index (χ4n) is 6.19. The maximum Gasteiger partial charge on any atom is 0.0702 e. The Morgan fingerprint density at radius 1 is 0.526 bits per heavy atom. The summed E-state index contributed by atoms with van der Waals surface area (Å²) in [5.74, 6) is 0. The van der Waals surface area contributed by atoms with E-state index < -0.39 is 0 Å². The molecule has 1 aliphatic heterocycles. The van der Waals surface area contributed by atoms with Gasteiger partial charge in [-0.15, -0.1) is 0 Å². The lowest BCUT2D eigenvalue weighted by Crippen LogP contribution is -2.15. The first-order valence-corrected chi connectivity index (χ1v) is 12.9. The van der Waals surface area contributed by atoms with Gasteiger partial charge in [-0.25, -0.2) is 0 Å². The van der Waals surface area contributed by atoms with E-state index in [1.807, 2.05) is 36.7 Å². The monoisotopic (exact) mass is 488 g/mol. The molecule has 0 radical (unpaired) electrons. The second-order valence-electron chi connectivity index (χ2n) is 10.0. The largest absolute Gasteiger partial charge is 0.344 e. The molecule has 0 N–H and O–H groups in total. The predicted molar refractivity (Wildman–Crippen MR) is 158 cm³/mol. The van der Waals surface area contributed by atoms with Gasteiger partial charge in [-0.05, 0) is 59.5 Å². The second kappa shape index (κ2) is 7.77. The minimum Gasteiger partial charge on any atom is -0.344 e. The number of nitrogens with zero attached hydrogens (tertiary/aromatic N) is 4. The van der Waals surface area contributed by atoms with Crippen molar-refractivity contribution in [1.29, 1.82) is 0 Å². The van der Waals surface area contributed by atoms with Crippen molar-refractivity contribution >= 4 is 44.0 Å². The minimum atomic E-state index is 0.987. The maximum absolute atomic E-state index is 4.59. The number of rotatable bonds is 2. The van der Waals surface area contributed by atoms with Crippen LogP contribution in [0.1, 0.15) is 0 Å². The zero-order valence-corrected chi connectivity index (χ0v) is 21.2. The SMILES string of the molecule is CN1c2cc(-c3ccccn3)ccc2-c2cc3c(c4cccc1c24)c1ccc(-c2ccccn2)cc1n3C. The van der Waals surface area contributed by atoms with Gasteiger partial charge in [0.25, 0.3) is 0 Å². The molecule has 0 aliphatic carbocycles. The maximum atomic E-state index is 4.59. The van der Waals surface area contributed by atoms with Gasteiger partial charge >= 0.3 is 0 Å². The lowest BCUT2D eigenvalue weighted by atomic mass is 9.88. The van der Waals surface area contributed by atoms with Crippen molar-refractivity contribution in [2.24, 2.45) is 7.05 Å². The first-order chi connectivity index (χ1) is 18.7. The van der Waals surface area contributed by atoms with Gasteiger partial charge in [0.1, 0.15) is 0 Å². The van der Waals surface area contributed by atoms with Crippen LogP contribution in [0.2, 0.25) is 0 Å². The van der Waals surface area contributed by atoms with Crippen LogP contribution >= 0.6 is 0 Å². The van der Waals surface area contributed by atoms with Crippen LogP contribution in [-0.2, 0) is 7.05 Å². The molecular formula is C34H24N4. The fourth-order valence-corrected chi connectivity index (χ4v) is 6.19. The van der Waals surface area contributed by atoms with Crippen LogP contribution in [-0.4, -0.2) is 21.6 Å². The smallest absolute Gasteiger partial charge is 0.0702 e. The molecule has 0 saturated carbocycles. The molecule has 0 saturated heterocycles. The van der Waals surface area contributed by atoms with Crippen LogP contribution in [0.5, 0.6) is 0 Å². The van der Waals surface area contributed by atoms with Crippen molar-refractivity contribution in [3.8, 4) is 33.6 Å². The number of aromatic nitrogens is 3. The molecular weight excluding hydrogens is 464 g/mol. The molecule has 0 unspecified atom stereocenters. The third-order valence-corrected chi connectivity index (χ3v) is 8.04. The highest BCUT2D eigenvalue weighted by Gasteiger charge is 2.26. The first-order valence-electron chi connectivity index (χ1n) is 12.9. The summed E-state index contributed by atoms with van der Waals surface area (Å²) in [5, 5.41) is 5.17. The van der Waals surface area contributed by atoms with E-state index in [-0.39, 0.29) is 0 Å². The Hall–Kier alpha value is -4.96. The zero-order chi connectivity index (χ0) is 25.4. The highest BCUT2D eigenvalue weighted by molar-refractivity contribution is 6.27. The third-order valence-electron chi connectivity index (χ3n) is 8.04. The van der Waals surface area contributed by atoms with Gasteiger partial charge in [0.2, 0.25) is 0 Å². The molecule has 0 bridgehead atoms. The summed E-state index contributed by atoms with van der Waals surface area (Å²) in [6, 6.07) is 34.7. The summed E-state index contributed by atoms with van der Waals surface area (Å²) in [6.07, 6.45) is 3.70. The highest BCUT2D eigenvalue weighted by Crippen LogP contribution is 2.51. The Kier molecular flexibility index (Phi) is 4.32. The average Bonchev–Trinajstić information content (AvgIpc) is 3.27. The second-order valence-corrected chi connectivity index (χ2v) is 10.0. The van der Waals surface area contributed by atoms with Crippen LogP contribution in [0.3, 0.4) is 0 Å². The Balaban J connectivity index is 1.43. The van der Waals surface area contributed by atoms with E-state index in [0.717, 1.165) is 22.5 Å². The Morgan fingerprint density at radius 2 is 1.26 bits per heavy atom. The molecule has 180 valence electrons. The lowest BCUT2D eigenvalue weighted by molar-refractivity contribution is 1.01. The van der Waals surface area contributed by atoms with E-state index in [9.17, 15) is 0 Å². The van der Waals surface area contributed by atoms with E-state index in [2.05, 4.69) is 106 Å². The highest BCUT2D eigenvalue weighted by atomic mass is 15.1. The normalized spacial score (nSPS) is 12.4. The molecule has 8 rings (SSSR count). The third kappa shape index (κ3) is 2.86. The summed E-state index contributed by atoms with van der Waals surface area (Å²) >= 11 is 0. The molecule has 0 atom stereocenters. The van der Waals surface area contributed by atoms with Crippen LogP contribution in [0, 0.1) is 0 Å². The van der Waals surface area contributed by atoms with Gasteiger partial charge in [0, 0.05) is 76.2 Å². The molecule has 0 spiro atoms. The van der Waals surface area contributed by atoms with E-state index >= 15 is 0 Å². The van der Waals surface area contributed by atoms with Crippen molar-refractivity contribution in [3.63, 3.8) is 0 Å². The van der Waals surface area contributed by atoms with Gasteiger partial charge in [-0.3, -0.25) is 9.97 Å². The van der Waals surface area contributed by atoms with Gasteiger partial charge < -0.3 is 9.47 Å². The Labute approximate surface area is 220 Å². The number of anilines is 2. The van der Waals surface area contributed by atoms with Crippen molar-refractivity contribution in [2.75, 3.05) is 11.9 Å². The summed E-state index contributed by atoms with van der Waals surface area (Å²) in [4.78, 5) is 11.5. The molecule has 0 amide bonds. The van der Waals surface area contributed by atoms with Crippen LogP contribution in [0.25, 0.3) is 66.2 Å². The lowest BCUT2D eigenvalue weighted by Gasteiger charge is -2.31. The Morgan fingerprint density at radius 3 is 2.00 bits per heavy atom. The van der Waals surface area contributed by atoms with Crippen molar-refractivity contribution < 1.29 is 0 Å². The van der Waals surface area contributed by atoms with Crippen LogP contribution < -0.4 is 4.90 Å². The average molecular weight is 489 g/mol. The molecule has 7 aromatic rings. The van der Waals surface area contributed by atoms with Crippen LogP contribution in [0.15, 0.2) is 109 Å². The number of pyridine rings is 2. The Bertz CT molecular complexity index is 2040. The standard InChI is InChI=1S/C34H24N4/c1-37-29-11-7-8-25-33-24-15-13-22(28-10-4-6-17-36-28)19-31(24)38(2)32(33)20-26(34(25)29)23-14-12-21(18-30(23)37)27-9-3-5-16-35-27/h3-20H,1-2H3. The van der Waals surface area contributed by atoms with Crippen molar-refractivity contribution in [1.82, 2.24) is 14.5 Å². The van der Waals surface area contributed by atoms with Gasteiger partial charge in [-0.2, -0.15) is 0 Å². The molecule has 0 fully saturated rings. The van der Waals surface area contributed by atoms with Crippen molar-refractivity contribution in [3.05, 3.63) is 109 Å². The molecule has 4 aromatic carbocycles. The quantitative estimate of drug-likeness (QED) is 0.245. The van der Waals surface area contributed by atoms with E-state index in [1.165, 1.54) is 55.1 Å². The number of hydrogen-bond acceptors (Lipinski definition) is 3. The summed E-state index contributed by atoms with van der Waals surface area (Å²) in [6.45, 7) is 0. The minimum absolute atomic E-state index is 0.987. The molecule has 4 heteroatoms. The van der Waals surface area contributed by atoms with E-state index in [0.29, 0.717) is 0 Å². The van der Waals surface area contributed by atoms with E-state index in [1.54, 1.807) is 0 Å². The molecule has 4 nitrogen and oxygen atoms in total.